The Morgan fingerprint density at radius 3 is 2.81 bits per heavy atom. The molecule has 3 rings (SSSR count). The number of benzene rings is 2. The molecule has 0 saturated carbocycles. The number of carboxylic acid groups (broad SMARTS) is 1. The summed E-state index contributed by atoms with van der Waals surface area (Å²) in [7, 11) is 0. The molecule has 2 aromatic carbocycles. The third kappa shape index (κ3) is 5.37. The van der Waals surface area contributed by atoms with Gasteiger partial charge in [-0.3, -0.25) is 4.79 Å². The van der Waals surface area contributed by atoms with Gasteiger partial charge in [0.1, 0.15) is 5.82 Å². The van der Waals surface area contributed by atoms with E-state index in [2.05, 4.69) is 15.4 Å². The topological polar surface area (TPSA) is 64.9 Å². The normalized spacial score (nSPS) is 17.9. The van der Waals surface area contributed by atoms with Crippen molar-refractivity contribution in [3.05, 3.63) is 59.9 Å². The Hall–Kier alpha value is -2.73. The summed E-state index contributed by atoms with van der Waals surface area (Å²) in [5.74, 6) is -1.22. The standard InChI is InChI=1S/C21H24FN3O2/c22-19-9-7-16(8-10-19)20-6-2-1-4-17(20)14-24-23-11-13-25-12-3-5-18(15-25)21(26)27/h1-2,4,6-10,14,18,23H,3,5,11-13,15H2,(H,26,27)/b24-14+. The van der Waals surface area contributed by atoms with Crippen LogP contribution in [0.4, 0.5) is 4.39 Å². The molecule has 142 valence electrons. The van der Waals surface area contributed by atoms with Crippen molar-refractivity contribution >= 4 is 12.2 Å². The van der Waals surface area contributed by atoms with E-state index in [0.717, 1.165) is 42.6 Å². The summed E-state index contributed by atoms with van der Waals surface area (Å²) in [4.78, 5) is 13.3. The molecule has 1 heterocycles. The number of piperidine rings is 1. The van der Waals surface area contributed by atoms with Crippen molar-refractivity contribution in [2.75, 3.05) is 26.2 Å². The molecule has 0 spiro atoms. The third-order valence-electron chi connectivity index (χ3n) is 4.81. The first-order chi connectivity index (χ1) is 13.1. The van der Waals surface area contributed by atoms with Gasteiger partial charge in [0.05, 0.1) is 12.1 Å². The molecule has 5 nitrogen and oxygen atoms in total. The van der Waals surface area contributed by atoms with Crippen LogP contribution >= 0.6 is 0 Å². The van der Waals surface area contributed by atoms with Crippen molar-refractivity contribution in [2.24, 2.45) is 11.0 Å². The number of aliphatic carboxylic acids is 1. The summed E-state index contributed by atoms with van der Waals surface area (Å²) in [6.07, 6.45) is 3.44. The highest BCUT2D eigenvalue weighted by molar-refractivity contribution is 5.90. The number of halogens is 1. The summed E-state index contributed by atoms with van der Waals surface area (Å²) in [5, 5.41) is 13.4. The lowest BCUT2D eigenvalue weighted by atomic mass is 9.98. The van der Waals surface area contributed by atoms with Crippen LogP contribution in [0.2, 0.25) is 0 Å². The maximum absolute atomic E-state index is 13.1. The molecule has 0 aromatic heterocycles. The van der Waals surface area contributed by atoms with E-state index in [0.29, 0.717) is 13.1 Å². The Morgan fingerprint density at radius 1 is 1.26 bits per heavy atom. The van der Waals surface area contributed by atoms with Gasteiger partial charge in [-0.05, 0) is 42.6 Å². The Kier molecular flexibility index (Phi) is 6.54. The van der Waals surface area contributed by atoms with Crippen molar-refractivity contribution in [3.8, 4) is 11.1 Å². The zero-order chi connectivity index (χ0) is 19.1. The van der Waals surface area contributed by atoms with Gasteiger partial charge in [0.2, 0.25) is 0 Å². The van der Waals surface area contributed by atoms with Crippen LogP contribution in [-0.4, -0.2) is 48.4 Å². The van der Waals surface area contributed by atoms with Gasteiger partial charge < -0.3 is 15.4 Å². The predicted octanol–water partition coefficient (Wildman–Crippen LogP) is 3.21. The van der Waals surface area contributed by atoms with E-state index in [1.165, 1.54) is 12.1 Å². The first-order valence-corrected chi connectivity index (χ1v) is 9.19. The van der Waals surface area contributed by atoms with E-state index < -0.39 is 5.97 Å². The van der Waals surface area contributed by atoms with Crippen molar-refractivity contribution in [3.63, 3.8) is 0 Å². The number of likely N-dealkylation sites (tertiary alicyclic amines) is 1. The Balaban J connectivity index is 1.53. The summed E-state index contributed by atoms with van der Waals surface area (Å²) in [6, 6.07) is 14.2. The van der Waals surface area contributed by atoms with E-state index in [4.69, 9.17) is 5.11 Å². The molecule has 1 aliphatic rings. The van der Waals surface area contributed by atoms with E-state index in [1.54, 1.807) is 18.3 Å². The van der Waals surface area contributed by atoms with Gasteiger partial charge in [-0.2, -0.15) is 5.10 Å². The van der Waals surface area contributed by atoms with E-state index in [9.17, 15) is 9.18 Å². The minimum Gasteiger partial charge on any atom is -0.481 e. The van der Waals surface area contributed by atoms with E-state index in [-0.39, 0.29) is 11.7 Å². The van der Waals surface area contributed by atoms with Gasteiger partial charge in [-0.15, -0.1) is 0 Å². The maximum Gasteiger partial charge on any atom is 0.307 e. The minimum atomic E-state index is -0.705. The smallest absolute Gasteiger partial charge is 0.307 e. The monoisotopic (exact) mass is 369 g/mol. The van der Waals surface area contributed by atoms with Gasteiger partial charge >= 0.3 is 5.97 Å². The van der Waals surface area contributed by atoms with Crippen LogP contribution in [0.5, 0.6) is 0 Å². The molecule has 6 heteroatoms. The number of hydrogen-bond donors (Lipinski definition) is 2. The van der Waals surface area contributed by atoms with Crippen LogP contribution < -0.4 is 5.43 Å². The molecule has 1 unspecified atom stereocenters. The van der Waals surface area contributed by atoms with Crippen LogP contribution in [0.1, 0.15) is 18.4 Å². The number of hydrogen-bond acceptors (Lipinski definition) is 4. The third-order valence-corrected chi connectivity index (χ3v) is 4.81. The summed E-state index contributed by atoms with van der Waals surface area (Å²) >= 11 is 0. The van der Waals surface area contributed by atoms with E-state index in [1.807, 2.05) is 24.3 Å². The first kappa shape index (κ1) is 19.0. The highest BCUT2D eigenvalue weighted by Crippen LogP contribution is 2.22. The van der Waals surface area contributed by atoms with E-state index >= 15 is 0 Å². The van der Waals surface area contributed by atoms with Crippen LogP contribution in [0.25, 0.3) is 11.1 Å². The molecule has 1 atom stereocenters. The van der Waals surface area contributed by atoms with Gasteiger partial charge in [-0.1, -0.05) is 36.4 Å². The number of carbonyl (C=O) groups is 1. The molecule has 1 saturated heterocycles. The first-order valence-electron chi connectivity index (χ1n) is 9.19. The summed E-state index contributed by atoms with van der Waals surface area (Å²) in [6.45, 7) is 2.96. The Morgan fingerprint density at radius 2 is 2.04 bits per heavy atom. The quantitative estimate of drug-likeness (QED) is 0.447. The number of nitrogens with zero attached hydrogens (tertiary/aromatic N) is 2. The zero-order valence-electron chi connectivity index (χ0n) is 15.1. The fourth-order valence-electron chi connectivity index (χ4n) is 3.35. The molecule has 0 amide bonds. The lowest BCUT2D eigenvalue weighted by molar-refractivity contribution is -0.143. The molecule has 1 aliphatic heterocycles. The molecule has 0 bridgehead atoms. The molecule has 0 aliphatic carbocycles. The van der Waals surface area contributed by atoms with Crippen molar-refractivity contribution < 1.29 is 14.3 Å². The summed E-state index contributed by atoms with van der Waals surface area (Å²) in [5.41, 5.74) is 5.90. The molecular weight excluding hydrogens is 345 g/mol. The minimum absolute atomic E-state index is 0.255. The van der Waals surface area contributed by atoms with Gasteiger partial charge in [-0.25, -0.2) is 4.39 Å². The largest absolute Gasteiger partial charge is 0.481 e. The average Bonchev–Trinajstić information content (AvgIpc) is 2.69. The van der Waals surface area contributed by atoms with Gasteiger partial charge in [0.25, 0.3) is 0 Å². The fraction of sp³-hybridized carbons (Fsp3) is 0.333. The predicted molar refractivity (Wildman–Crippen MR) is 104 cm³/mol. The number of hydrazone groups is 1. The second-order valence-electron chi connectivity index (χ2n) is 6.74. The van der Waals surface area contributed by atoms with Crippen LogP contribution in [-0.2, 0) is 4.79 Å². The van der Waals surface area contributed by atoms with Crippen molar-refractivity contribution in [1.82, 2.24) is 10.3 Å². The lowest BCUT2D eigenvalue weighted by Crippen LogP contribution is -2.41. The number of carboxylic acids is 1. The van der Waals surface area contributed by atoms with Crippen LogP contribution in [0.15, 0.2) is 53.6 Å². The zero-order valence-corrected chi connectivity index (χ0v) is 15.1. The Bertz CT molecular complexity index is 792. The van der Waals surface area contributed by atoms with Crippen molar-refractivity contribution in [2.45, 2.75) is 12.8 Å². The fourth-order valence-corrected chi connectivity index (χ4v) is 3.35. The molecule has 27 heavy (non-hydrogen) atoms. The Labute approximate surface area is 158 Å². The maximum atomic E-state index is 13.1. The average molecular weight is 369 g/mol. The highest BCUT2D eigenvalue weighted by Gasteiger charge is 2.24. The highest BCUT2D eigenvalue weighted by atomic mass is 19.1. The SMILES string of the molecule is O=C(O)C1CCCN(CCN/N=C/c2ccccc2-c2ccc(F)cc2)C1. The number of nitrogens with one attached hydrogen (secondary N) is 1. The second-order valence-corrected chi connectivity index (χ2v) is 6.74. The summed E-state index contributed by atoms with van der Waals surface area (Å²) < 4.78 is 13.1. The van der Waals surface area contributed by atoms with Crippen LogP contribution in [0.3, 0.4) is 0 Å². The van der Waals surface area contributed by atoms with Crippen molar-refractivity contribution in [1.29, 1.82) is 0 Å². The molecule has 1 fully saturated rings. The van der Waals surface area contributed by atoms with Gasteiger partial charge in [0, 0.05) is 25.2 Å². The lowest BCUT2D eigenvalue weighted by Gasteiger charge is -2.30. The molecule has 2 aromatic rings. The van der Waals surface area contributed by atoms with Crippen LogP contribution in [0, 0.1) is 11.7 Å². The molecule has 2 N–H and O–H groups in total. The second kappa shape index (κ2) is 9.28. The number of rotatable bonds is 7. The molecule has 0 radical (unpaired) electrons. The van der Waals surface area contributed by atoms with Gasteiger partial charge in [0.15, 0.2) is 0 Å². The molecular formula is C21H24FN3O2.